The molecule has 0 bridgehead atoms. The summed E-state index contributed by atoms with van der Waals surface area (Å²) in [4.78, 5) is 15.6. The Hall–Kier alpha value is -2.15. The Kier molecular flexibility index (Phi) is 3.39. The van der Waals surface area contributed by atoms with Gasteiger partial charge in [0.25, 0.3) is 0 Å². The lowest BCUT2D eigenvalue weighted by molar-refractivity contribution is 0.0594. The van der Waals surface area contributed by atoms with Gasteiger partial charge in [0.15, 0.2) is 0 Å². The van der Waals surface area contributed by atoms with Crippen molar-refractivity contribution in [2.24, 2.45) is 0 Å². The molecule has 0 fully saturated rings. The van der Waals surface area contributed by atoms with Crippen LogP contribution in [-0.2, 0) is 14.8 Å². The Labute approximate surface area is 110 Å². The zero-order valence-electron chi connectivity index (χ0n) is 10.4. The molecule has 2 rings (SSSR count). The van der Waals surface area contributed by atoms with E-state index in [0.29, 0.717) is 11.2 Å². The number of esters is 1. The van der Waals surface area contributed by atoms with Crippen molar-refractivity contribution in [3.05, 3.63) is 36.0 Å². The van der Waals surface area contributed by atoms with Crippen LogP contribution in [0.25, 0.3) is 10.9 Å². The first-order valence-electron chi connectivity index (χ1n) is 5.36. The highest BCUT2D eigenvalue weighted by atomic mass is 32.2. The molecule has 1 aromatic heterocycles. The SMILES string of the molecule is COC(=O)c1ccc2cccc(NS(C)(=O)=O)c2n1. The van der Waals surface area contributed by atoms with Crippen LogP contribution < -0.4 is 4.72 Å². The van der Waals surface area contributed by atoms with Crippen LogP contribution in [0, 0.1) is 0 Å². The van der Waals surface area contributed by atoms with Crippen molar-refractivity contribution in [1.82, 2.24) is 4.98 Å². The number of carbonyl (C=O) groups excluding carboxylic acids is 1. The monoisotopic (exact) mass is 280 g/mol. The third-order valence-corrected chi connectivity index (χ3v) is 3.00. The summed E-state index contributed by atoms with van der Waals surface area (Å²) in [5, 5.41) is 0.723. The summed E-state index contributed by atoms with van der Waals surface area (Å²) in [6, 6.07) is 8.27. The van der Waals surface area contributed by atoms with Gasteiger partial charge in [0, 0.05) is 5.39 Å². The fraction of sp³-hybridized carbons (Fsp3) is 0.167. The van der Waals surface area contributed by atoms with Gasteiger partial charge >= 0.3 is 5.97 Å². The maximum absolute atomic E-state index is 11.4. The molecule has 0 aliphatic carbocycles. The van der Waals surface area contributed by atoms with Crippen LogP contribution in [0.15, 0.2) is 30.3 Å². The summed E-state index contributed by atoms with van der Waals surface area (Å²) < 4.78 is 29.5. The minimum absolute atomic E-state index is 0.123. The van der Waals surface area contributed by atoms with Gasteiger partial charge in [-0.05, 0) is 12.1 Å². The molecule has 1 aromatic carbocycles. The maximum Gasteiger partial charge on any atom is 0.356 e. The lowest BCUT2D eigenvalue weighted by Crippen LogP contribution is -2.11. The number of fused-ring (bicyclic) bond motifs is 1. The number of hydrogen-bond donors (Lipinski definition) is 1. The first-order chi connectivity index (χ1) is 8.90. The first-order valence-corrected chi connectivity index (χ1v) is 7.26. The molecule has 7 heteroatoms. The number of nitrogens with one attached hydrogen (secondary N) is 1. The predicted molar refractivity (Wildman–Crippen MR) is 71.5 cm³/mol. The molecular weight excluding hydrogens is 268 g/mol. The number of rotatable bonds is 3. The Morgan fingerprint density at radius 1 is 1.26 bits per heavy atom. The van der Waals surface area contributed by atoms with Crippen molar-refractivity contribution in [2.75, 3.05) is 18.1 Å². The molecule has 0 spiro atoms. The number of aromatic nitrogens is 1. The molecule has 1 heterocycles. The van der Waals surface area contributed by atoms with E-state index in [0.717, 1.165) is 11.6 Å². The second kappa shape index (κ2) is 4.85. The lowest BCUT2D eigenvalue weighted by Gasteiger charge is -2.08. The van der Waals surface area contributed by atoms with E-state index in [1.807, 2.05) is 0 Å². The molecule has 0 aliphatic rings. The number of sulfonamides is 1. The molecule has 2 aromatic rings. The number of pyridine rings is 1. The van der Waals surface area contributed by atoms with Crippen molar-refractivity contribution in [1.29, 1.82) is 0 Å². The number of hydrogen-bond acceptors (Lipinski definition) is 5. The van der Waals surface area contributed by atoms with Gasteiger partial charge in [0.2, 0.25) is 10.0 Å². The van der Waals surface area contributed by atoms with Crippen LogP contribution in [0.3, 0.4) is 0 Å². The van der Waals surface area contributed by atoms with E-state index in [2.05, 4.69) is 14.4 Å². The maximum atomic E-state index is 11.4. The molecule has 19 heavy (non-hydrogen) atoms. The van der Waals surface area contributed by atoms with E-state index in [9.17, 15) is 13.2 Å². The zero-order chi connectivity index (χ0) is 14.0. The average molecular weight is 280 g/mol. The molecule has 0 saturated carbocycles. The van der Waals surface area contributed by atoms with Gasteiger partial charge in [0.1, 0.15) is 5.69 Å². The van der Waals surface area contributed by atoms with Gasteiger partial charge in [-0.15, -0.1) is 0 Å². The van der Waals surface area contributed by atoms with E-state index in [4.69, 9.17) is 0 Å². The van der Waals surface area contributed by atoms with Crippen LogP contribution in [0.4, 0.5) is 5.69 Å². The van der Waals surface area contributed by atoms with Crippen LogP contribution in [0.2, 0.25) is 0 Å². The second-order valence-corrected chi connectivity index (χ2v) is 5.69. The Balaban J connectivity index is 2.61. The van der Waals surface area contributed by atoms with Gasteiger partial charge in [-0.2, -0.15) is 0 Å². The highest BCUT2D eigenvalue weighted by molar-refractivity contribution is 7.92. The Bertz CT molecular complexity index is 740. The van der Waals surface area contributed by atoms with E-state index < -0.39 is 16.0 Å². The summed E-state index contributed by atoms with van der Waals surface area (Å²) in [5.41, 5.74) is 0.847. The summed E-state index contributed by atoms with van der Waals surface area (Å²) in [6.07, 6.45) is 1.05. The molecule has 1 N–H and O–H groups in total. The van der Waals surface area contributed by atoms with Crippen molar-refractivity contribution in [3.63, 3.8) is 0 Å². The van der Waals surface area contributed by atoms with Gasteiger partial charge < -0.3 is 4.74 Å². The smallest absolute Gasteiger partial charge is 0.356 e. The highest BCUT2D eigenvalue weighted by Gasteiger charge is 2.11. The molecular formula is C12H12N2O4S. The summed E-state index contributed by atoms with van der Waals surface area (Å²) in [6.45, 7) is 0. The van der Waals surface area contributed by atoms with Gasteiger partial charge in [-0.3, -0.25) is 4.72 Å². The average Bonchev–Trinajstić information content (AvgIpc) is 2.36. The molecule has 0 amide bonds. The molecule has 6 nitrogen and oxygen atoms in total. The standard InChI is InChI=1S/C12H12N2O4S/c1-18-12(15)10-7-6-8-4-3-5-9(11(8)13-10)14-19(2,16)17/h3-7,14H,1-2H3. The summed E-state index contributed by atoms with van der Waals surface area (Å²) >= 11 is 0. The molecule has 0 radical (unpaired) electrons. The van der Waals surface area contributed by atoms with Crippen LogP contribution in [0.5, 0.6) is 0 Å². The minimum atomic E-state index is -3.41. The molecule has 0 unspecified atom stereocenters. The fourth-order valence-electron chi connectivity index (χ4n) is 1.65. The Morgan fingerprint density at radius 3 is 2.63 bits per heavy atom. The second-order valence-electron chi connectivity index (χ2n) is 3.94. The van der Waals surface area contributed by atoms with E-state index >= 15 is 0 Å². The van der Waals surface area contributed by atoms with Crippen LogP contribution in [-0.4, -0.2) is 32.7 Å². The van der Waals surface area contributed by atoms with Crippen molar-refractivity contribution < 1.29 is 17.9 Å². The van der Waals surface area contributed by atoms with Crippen molar-refractivity contribution >= 4 is 32.6 Å². The van der Waals surface area contributed by atoms with E-state index in [1.165, 1.54) is 13.2 Å². The number of methoxy groups -OCH3 is 1. The molecule has 0 atom stereocenters. The number of anilines is 1. The predicted octanol–water partition coefficient (Wildman–Crippen LogP) is 1.39. The highest BCUT2D eigenvalue weighted by Crippen LogP contribution is 2.22. The largest absolute Gasteiger partial charge is 0.464 e. The van der Waals surface area contributed by atoms with E-state index in [-0.39, 0.29) is 5.69 Å². The molecule has 100 valence electrons. The van der Waals surface area contributed by atoms with Gasteiger partial charge in [-0.1, -0.05) is 18.2 Å². The Morgan fingerprint density at radius 2 is 2.00 bits per heavy atom. The van der Waals surface area contributed by atoms with Crippen LogP contribution in [0.1, 0.15) is 10.5 Å². The van der Waals surface area contributed by atoms with Crippen molar-refractivity contribution in [2.45, 2.75) is 0 Å². The van der Waals surface area contributed by atoms with Crippen molar-refractivity contribution in [3.8, 4) is 0 Å². The third-order valence-electron chi connectivity index (χ3n) is 2.41. The number of benzene rings is 1. The third kappa shape index (κ3) is 3.00. The quantitative estimate of drug-likeness (QED) is 0.859. The van der Waals surface area contributed by atoms with Gasteiger partial charge in [-0.25, -0.2) is 18.2 Å². The number of para-hydroxylation sites is 1. The number of ether oxygens (including phenoxy) is 1. The number of carbonyl (C=O) groups is 1. The minimum Gasteiger partial charge on any atom is -0.464 e. The normalized spacial score (nSPS) is 11.3. The molecule has 0 aliphatic heterocycles. The number of nitrogens with zero attached hydrogens (tertiary/aromatic N) is 1. The summed E-state index contributed by atoms with van der Waals surface area (Å²) in [7, 11) is -2.15. The van der Waals surface area contributed by atoms with Gasteiger partial charge in [0.05, 0.1) is 24.6 Å². The van der Waals surface area contributed by atoms with Crippen LogP contribution >= 0.6 is 0 Å². The molecule has 0 saturated heterocycles. The lowest BCUT2D eigenvalue weighted by atomic mass is 10.2. The fourth-order valence-corrected chi connectivity index (χ4v) is 2.21. The zero-order valence-corrected chi connectivity index (χ0v) is 11.2. The first kappa shape index (κ1) is 13.3. The van der Waals surface area contributed by atoms with E-state index in [1.54, 1.807) is 24.3 Å². The topological polar surface area (TPSA) is 85.4 Å². The summed E-state index contributed by atoms with van der Waals surface area (Å²) in [5.74, 6) is -0.573.